The Balaban J connectivity index is 1.92. The van der Waals surface area contributed by atoms with E-state index >= 15 is 0 Å². The molecule has 1 unspecified atom stereocenters. The summed E-state index contributed by atoms with van der Waals surface area (Å²) in [7, 11) is -2.87. The van der Waals surface area contributed by atoms with Gasteiger partial charge in [0.25, 0.3) is 0 Å². The second-order valence-corrected chi connectivity index (χ2v) is 9.86. The van der Waals surface area contributed by atoms with Crippen molar-refractivity contribution >= 4 is 21.9 Å². The summed E-state index contributed by atoms with van der Waals surface area (Å²) in [6.07, 6.45) is 4.02. The lowest BCUT2D eigenvalue weighted by Gasteiger charge is -2.38. The highest BCUT2D eigenvalue weighted by atomic mass is 32.2. The molecule has 7 heteroatoms. The van der Waals surface area contributed by atoms with Crippen molar-refractivity contribution in [3.8, 4) is 5.75 Å². The number of fused-ring (bicyclic) bond motifs is 1. The first-order valence-electron chi connectivity index (χ1n) is 9.23. The average Bonchev–Trinajstić information content (AvgIpc) is 2.57. The van der Waals surface area contributed by atoms with Gasteiger partial charge in [0.05, 0.1) is 5.75 Å². The predicted molar refractivity (Wildman–Crippen MR) is 104 cm³/mol. The molecule has 0 fully saturated rings. The first-order valence-corrected chi connectivity index (χ1v) is 11.1. The topological polar surface area (TPSA) is 84.5 Å². The molecule has 1 atom stereocenters. The average molecular weight is 383 g/mol. The fourth-order valence-corrected chi connectivity index (χ4v) is 4.17. The number of anilines is 1. The fourth-order valence-electron chi connectivity index (χ4n) is 3.24. The van der Waals surface area contributed by atoms with E-state index in [-0.39, 0.29) is 23.1 Å². The van der Waals surface area contributed by atoms with Crippen LogP contribution in [0.4, 0.5) is 5.69 Å². The van der Waals surface area contributed by atoms with E-state index in [2.05, 4.69) is 24.5 Å². The van der Waals surface area contributed by atoms with Crippen LogP contribution in [0.2, 0.25) is 0 Å². The Hall–Kier alpha value is -1.60. The van der Waals surface area contributed by atoms with Crippen molar-refractivity contribution < 1.29 is 17.9 Å². The molecule has 0 radical (unpaired) electrons. The van der Waals surface area contributed by atoms with Crippen LogP contribution in [-0.2, 0) is 14.6 Å². The van der Waals surface area contributed by atoms with Crippen LogP contribution in [-0.4, -0.2) is 38.5 Å². The third-order valence-corrected chi connectivity index (χ3v) is 6.45. The third kappa shape index (κ3) is 5.99. The minimum absolute atomic E-state index is 0.140. The zero-order valence-corrected chi connectivity index (χ0v) is 16.7. The summed E-state index contributed by atoms with van der Waals surface area (Å²) < 4.78 is 29.1. The minimum atomic E-state index is -2.87. The molecular weight excluding hydrogens is 352 g/mol. The third-order valence-electron chi connectivity index (χ3n) is 4.66. The molecule has 1 aromatic rings. The van der Waals surface area contributed by atoms with Gasteiger partial charge in [-0.2, -0.15) is 0 Å². The molecule has 0 bridgehead atoms. The van der Waals surface area contributed by atoms with Crippen molar-refractivity contribution in [3.05, 3.63) is 23.8 Å². The summed E-state index contributed by atoms with van der Waals surface area (Å²) in [4.78, 5) is 10.7. The second kappa shape index (κ2) is 8.86. The van der Waals surface area contributed by atoms with Crippen molar-refractivity contribution in [1.82, 2.24) is 5.32 Å². The molecule has 26 heavy (non-hydrogen) atoms. The van der Waals surface area contributed by atoms with E-state index in [0.717, 1.165) is 42.8 Å². The van der Waals surface area contributed by atoms with Crippen LogP contribution in [0, 0.1) is 0 Å². The van der Waals surface area contributed by atoms with Crippen LogP contribution in [0.3, 0.4) is 0 Å². The van der Waals surface area contributed by atoms with Crippen molar-refractivity contribution in [2.75, 3.05) is 23.4 Å². The number of unbranched alkanes of at least 4 members (excludes halogenated alkanes) is 2. The van der Waals surface area contributed by atoms with Gasteiger partial charge in [-0.15, -0.1) is 0 Å². The maximum absolute atomic E-state index is 11.5. The molecule has 2 N–H and O–H groups in total. The van der Waals surface area contributed by atoms with Crippen molar-refractivity contribution in [2.45, 2.75) is 58.1 Å². The van der Waals surface area contributed by atoms with Gasteiger partial charge in [-0.1, -0.05) is 13.3 Å². The Morgan fingerprint density at radius 3 is 2.73 bits per heavy atom. The summed E-state index contributed by atoms with van der Waals surface area (Å²) in [5.74, 6) is 1.33. The zero-order valence-electron chi connectivity index (χ0n) is 15.9. The first-order chi connectivity index (χ1) is 12.3. The maximum atomic E-state index is 11.5. The van der Waals surface area contributed by atoms with Crippen LogP contribution in [0.1, 0.15) is 58.1 Å². The highest BCUT2D eigenvalue weighted by Crippen LogP contribution is 2.40. The summed E-state index contributed by atoms with van der Waals surface area (Å²) in [6, 6.07) is 5.82. The molecule has 146 valence electrons. The van der Waals surface area contributed by atoms with Gasteiger partial charge < -0.3 is 15.4 Å². The smallest absolute Gasteiger partial charge is 0.211 e. The summed E-state index contributed by atoms with van der Waals surface area (Å²) in [5, 5.41) is 6.25. The van der Waals surface area contributed by atoms with Gasteiger partial charge in [-0.3, -0.25) is 4.79 Å². The van der Waals surface area contributed by atoms with E-state index in [9.17, 15) is 13.2 Å². The number of ether oxygens (including phenoxy) is 1. The van der Waals surface area contributed by atoms with Gasteiger partial charge in [0.2, 0.25) is 6.41 Å². The van der Waals surface area contributed by atoms with Crippen LogP contribution in [0.25, 0.3) is 0 Å². The van der Waals surface area contributed by atoms with Gasteiger partial charge in [-0.25, -0.2) is 8.42 Å². The zero-order chi connectivity index (χ0) is 19.2. The van der Waals surface area contributed by atoms with Gasteiger partial charge in [0, 0.05) is 29.5 Å². The van der Waals surface area contributed by atoms with Crippen LogP contribution >= 0.6 is 0 Å². The van der Waals surface area contributed by atoms with Crippen molar-refractivity contribution in [2.24, 2.45) is 0 Å². The Bertz CT molecular complexity index is 716. The van der Waals surface area contributed by atoms with Crippen LogP contribution in [0.15, 0.2) is 18.2 Å². The van der Waals surface area contributed by atoms with Gasteiger partial charge in [0.1, 0.15) is 21.2 Å². The largest absolute Gasteiger partial charge is 0.487 e. The number of hydrogen-bond donors (Lipinski definition) is 2. The van der Waals surface area contributed by atoms with Crippen molar-refractivity contribution in [3.63, 3.8) is 0 Å². The highest BCUT2D eigenvalue weighted by molar-refractivity contribution is 7.91. The van der Waals surface area contributed by atoms with Crippen LogP contribution < -0.4 is 15.4 Å². The van der Waals surface area contributed by atoms with E-state index in [1.54, 1.807) is 6.92 Å². The number of carbonyl (C=O) groups excluding carboxylic acids is 1. The van der Waals surface area contributed by atoms with Gasteiger partial charge >= 0.3 is 0 Å². The monoisotopic (exact) mass is 382 g/mol. The maximum Gasteiger partial charge on any atom is 0.211 e. The molecule has 1 heterocycles. The molecule has 0 aliphatic carbocycles. The highest BCUT2D eigenvalue weighted by Gasteiger charge is 2.33. The number of benzene rings is 1. The molecule has 0 aromatic heterocycles. The Morgan fingerprint density at radius 2 is 2.04 bits per heavy atom. The molecule has 2 rings (SSSR count). The standard InChI is InChI=1S/C19H30N2O4S/c1-4-26(23,24)11-7-5-6-10-20-17-13-19(2,3)25-18-9-8-15(21-14-22)12-16(17)18/h8-9,12,14,17,20H,4-7,10-11,13H2,1-3H3,(H,21,22). The number of nitrogens with one attached hydrogen (secondary N) is 2. The van der Waals surface area contributed by atoms with Crippen molar-refractivity contribution in [1.29, 1.82) is 0 Å². The molecule has 0 spiro atoms. The molecule has 1 amide bonds. The predicted octanol–water partition coefficient (Wildman–Crippen LogP) is 3.05. The normalized spacial score (nSPS) is 18.7. The molecule has 1 aliphatic rings. The fraction of sp³-hybridized carbons (Fsp3) is 0.632. The van der Waals surface area contributed by atoms with E-state index in [1.165, 1.54) is 0 Å². The number of amides is 1. The Labute approximate surface area is 156 Å². The molecule has 1 aromatic carbocycles. The molecule has 0 saturated carbocycles. The molecule has 1 aliphatic heterocycles. The Morgan fingerprint density at radius 1 is 1.27 bits per heavy atom. The lowest BCUT2D eigenvalue weighted by Crippen LogP contribution is -2.39. The number of rotatable bonds is 10. The number of carbonyl (C=O) groups is 1. The first kappa shape index (κ1) is 20.7. The summed E-state index contributed by atoms with van der Waals surface area (Å²) in [6.45, 7) is 6.64. The van der Waals surface area contributed by atoms with E-state index in [4.69, 9.17) is 4.74 Å². The lowest BCUT2D eigenvalue weighted by atomic mass is 9.89. The lowest BCUT2D eigenvalue weighted by molar-refractivity contribution is -0.105. The second-order valence-electron chi connectivity index (χ2n) is 7.38. The molecule has 6 nitrogen and oxygen atoms in total. The van der Waals surface area contributed by atoms with Gasteiger partial charge in [0.15, 0.2) is 0 Å². The summed E-state index contributed by atoms with van der Waals surface area (Å²) in [5.41, 5.74) is 1.53. The van der Waals surface area contributed by atoms with E-state index < -0.39 is 9.84 Å². The number of sulfone groups is 1. The minimum Gasteiger partial charge on any atom is -0.487 e. The van der Waals surface area contributed by atoms with E-state index in [0.29, 0.717) is 12.8 Å². The molecule has 0 saturated heterocycles. The quantitative estimate of drug-likeness (QED) is 0.480. The van der Waals surface area contributed by atoms with Crippen LogP contribution in [0.5, 0.6) is 5.75 Å². The summed E-state index contributed by atoms with van der Waals surface area (Å²) >= 11 is 0. The SMILES string of the molecule is CCS(=O)(=O)CCCCCNC1CC(C)(C)Oc2ccc(NC=O)cc21. The van der Waals surface area contributed by atoms with E-state index in [1.807, 2.05) is 18.2 Å². The Kier molecular flexibility index (Phi) is 7.06. The van der Waals surface area contributed by atoms with Gasteiger partial charge in [-0.05, 0) is 51.4 Å². The molecular formula is C19H30N2O4S. The number of hydrogen-bond acceptors (Lipinski definition) is 5.